The Hall–Kier alpha value is -1.79. The SMILES string of the molecule is O=C(NCc1ccccc1F)NCC(F)(F)F. The summed E-state index contributed by atoms with van der Waals surface area (Å²) in [7, 11) is 0. The first-order valence-corrected chi connectivity index (χ1v) is 4.70. The van der Waals surface area contributed by atoms with Gasteiger partial charge in [-0.05, 0) is 6.07 Å². The molecule has 0 fully saturated rings. The number of rotatable bonds is 3. The van der Waals surface area contributed by atoms with Crippen molar-refractivity contribution in [1.29, 1.82) is 0 Å². The van der Waals surface area contributed by atoms with Crippen LogP contribution in [0.1, 0.15) is 5.56 Å². The largest absolute Gasteiger partial charge is 0.405 e. The third kappa shape index (κ3) is 5.19. The van der Waals surface area contributed by atoms with Crippen LogP contribution in [-0.2, 0) is 6.54 Å². The average Bonchev–Trinajstić information content (AvgIpc) is 2.24. The highest BCUT2D eigenvalue weighted by Crippen LogP contribution is 2.12. The second kappa shape index (κ2) is 5.51. The Labute approximate surface area is 94.8 Å². The Morgan fingerprint density at radius 1 is 1.18 bits per heavy atom. The van der Waals surface area contributed by atoms with Gasteiger partial charge in [0.05, 0.1) is 0 Å². The maximum Gasteiger partial charge on any atom is 0.405 e. The van der Waals surface area contributed by atoms with Crippen LogP contribution in [0.25, 0.3) is 0 Å². The van der Waals surface area contributed by atoms with E-state index in [1.54, 1.807) is 11.4 Å². The van der Waals surface area contributed by atoms with Gasteiger partial charge >= 0.3 is 12.2 Å². The lowest BCUT2D eigenvalue weighted by Gasteiger charge is -2.10. The van der Waals surface area contributed by atoms with Crippen molar-refractivity contribution >= 4 is 6.03 Å². The number of urea groups is 1. The molecule has 0 aromatic heterocycles. The first kappa shape index (κ1) is 13.3. The zero-order valence-electron chi connectivity index (χ0n) is 8.64. The third-order valence-corrected chi connectivity index (χ3v) is 1.85. The monoisotopic (exact) mass is 250 g/mol. The molecule has 1 rings (SSSR count). The molecule has 0 radical (unpaired) electrons. The zero-order valence-corrected chi connectivity index (χ0v) is 8.64. The van der Waals surface area contributed by atoms with E-state index in [9.17, 15) is 22.4 Å². The first-order valence-electron chi connectivity index (χ1n) is 4.70. The van der Waals surface area contributed by atoms with Crippen LogP contribution in [-0.4, -0.2) is 18.8 Å². The van der Waals surface area contributed by atoms with Crippen molar-refractivity contribution in [2.24, 2.45) is 0 Å². The van der Waals surface area contributed by atoms with Crippen molar-refractivity contribution < 1.29 is 22.4 Å². The lowest BCUT2D eigenvalue weighted by Crippen LogP contribution is -2.40. The summed E-state index contributed by atoms with van der Waals surface area (Å²) in [5.41, 5.74) is 0.203. The van der Waals surface area contributed by atoms with Gasteiger partial charge in [-0.3, -0.25) is 0 Å². The molecule has 7 heteroatoms. The number of benzene rings is 1. The highest BCUT2D eigenvalue weighted by atomic mass is 19.4. The number of carbonyl (C=O) groups is 1. The fraction of sp³-hybridized carbons (Fsp3) is 0.300. The molecule has 94 valence electrons. The Kier molecular flexibility index (Phi) is 4.30. The van der Waals surface area contributed by atoms with Gasteiger partial charge in [-0.15, -0.1) is 0 Å². The van der Waals surface area contributed by atoms with Crippen LogP contribution >= 0.6 is 0 Å². The molecular formula is C10H10F4N2O. The molecule has 0 aliphatic carbocycles. The summed E-state index contributed by atoms with van der Waals surface area (Å²) in [6.45, 7) is -1.59. The second-order valence-electron chi connectivity index (χ2n) is 3.24. The van der Waals surface area contributed by atoms with E-state index in [0.717, 1.165) is 0 Å². The summed E-state index contributed by atoms with van der Waals surface area (Å²) in [6, 6.07) is 4.67. The summed E-state index contributed by atoms with van der Waals surface area (Å²) < 4.78 is 48.3. The lowest BCUT2D eigenvalue weighted by molar-refractivity contribution is -0.122. The minimum atomic E-state index is -4.46. The molecular weight excluding hydrogens is 240 g/mol. The fourth-order valence-corrected chi connectivity index (χ4v) is 1.06. The number of amides is 2. The van der Waals surface area contributed by atoms with E-state index in [-0.39, 0.29) is 12.1 Å². The van der Waals surface area contributed by atoms with Gasteiger partial charge in [0.15, 0.2) is 0 Å². The Morgan fingerprint density at radius 2 is 1.82 bits per heavy atom. The van der Waals surface area contributed by atoms with E-state index in [1.807, 2.05) is 0 Å². The minimum Gasteiger partial charge on any atom is -0.334 e. The molecule has 0 aliphatic rings. The van der Waals surface area contributed by atoms with Crippen LogP contribution in [0.5, 0.6) is 0 Å². The molecule has 0 saturated carbocycles. The zero-order chi connectivity index (χ0) is 12.9. The Morgan fingerprint density at radius 3 is 2.41 bits per heavy atom. The second-order valence-corrected chi connectivity index (χ2v) is 3.24. The van der Waals surface area contributed by atoms with Crippen LogP contribution in [0.15, 0.2) is 24.3 Å². The van der Waals surface area contributed by atoms with Crippen LogP contribution in [0.3, 0.4) is 0 Å². The van der Waals surface area contributed by atoms with Crippen molar-refractivity contribution in [3.63, 3.8) is 0 Å². The Bertz CT molecular complexity index is 392. The van der Waals surface area contributed by atoms with Gasteiger partial charge in [0.1, 0.15) is 12.4 Å². The smallest absolute Gasteiger partial charge is 0.334 e. The maximum absolute atomic E-state index is 13.1. The molecule has 0 aliphatic heterocycles. The number of alkyl halides is 3. The maximum atomic E-state index is 13.1. The van der Waals surface area contributed by atoms with E-state index in [4.69, 9.17) is 0 Å². The molecule has 0 saturated heterocycles. The Balaban J connectivity index is 2.36. The molecule has 17 heavy (non-hydrogen) atoms. The highest BCUT2D eigenvalue weighted by Gasteiger charge is 2.27. The van der Waals surface area contributed by atoms with Gasteiger partial charge < -0.3 is 10.6 Å². The summed E-state index contributed by atoms with van der Waals surface area (Å²) in [5.74, 6) is -0.524. The molecule has 0 bridgehead atoms. The molecule has 1 aromatic carbocycles. The van der Waals surface area contributed by atoms with E-state index in [2.05, 4.69) is 5.32 Å². The van der Waals surface area contributed by atoms with Crippen LogP contribution in [0, 0.1) is 5.82 Å². The van der Waals surface area contributed by atoms with Crippen molar-refractivity contribution in [3.8, 4) is 0 Å². The van der Waals surface area contributed by atoms with Crippen LogP contribution < -0.4 is 10.6 Å². The topological polar surface area (TPSA) is 41.1 Å². The fourth-order valence-electron chi connectivity index (χ4n) is 1.06. The summed E-state index contributed by atoms with van der Waals surface area (Å²) in [5, 5.41) is 3.74. The molecule has 0 unspecified atom stereocenters. The van der Waals surface area contributed by atoms with E-state index in [1.165, 1.54) is 18.2 Å². The van der Waals surface area contributed by atoms with E-state index in [0.29, 0.717) is 0 Å². The van der Waals surface area contributed by atoms with Gasteiger partial charge in [0.25, 0.3) is 0 Å². The van der Waals surface area contributed by atoms with E-state index < -0.39 is 24.6 Å². The molecule has 1 aromatic rings. The summed E-state index contributed by atoms with van der Waals surface area (Å²) in [4.78, 5) is 10.9. The van der Waals surface area contributed by atoms with Gasteiger partial charge in [0, 0.05) is 12.1 Å². The normalized spacial score (nSPS) is 11.1. The average molecular weight is 250 g/mol. The number of carbonyl (C=O) groups excluding carboxylic acids is 1. The number of hydrogen-bond donors (Lipinski definition) is 2. The van der Waals surface area contributed by atoms with Crippen molar-refractivity contribution in [2.45, 2.75) is 12.7 Å². The van der Waals surface area contributed by atoms with Gasteiger partial charge in [-0.1, -0.05) is 18.2 Å². The van der Waals surface area contributed by atoms with Gasteiger partial charge in [-0.25, -0.2) is 9.18 Å². The number of halogens is 4. The lowest BCUT2D eigenvalue weighted by atomic mass is 10.2. The van der Waals surface area contributed by atoms with Gasteiger partial charge in [-0.2, -0.15) is 13.2 Å². The van der Waals surface area contributed by atoms with E-state index >= 15 is 0 Å². The number of hydrogen-bond acceptors (Lipinski definition) is 1. The van der Waals surface area contributed by atoms with Crippen molar-refractivity contribution in [1.82, 2.24) is 10.6 Å². The molecule has 0 atom stereocenters. The highest BCUT2D eigenvalue weighted by molar-refractivity contribution is 5.73. The van der Waals surface area contributed by atoms with Crippen molar-refractivity contribution in [2.75, 3.05) is 6.54 Å². The van der Waals surface area contributed by atoms with Gasteiger partial charge in [0.2, 0.25) is 0 Å². The molecule has 2 N–H and O–H groups in total. The van der Waals surface area contributed by atoms with Crippen LogP contribution in [0.4, 0.5) is 22.4 Å². The molecule has 2 amide bonds. The summed E-state index contributed by atoms with van der Waals surface area (Å²) in [6.07, 6.45) is -4.46. The van der Waals surface area contributed by atoms with Crippen LogP contribution in [0.2, 0.25) is 0 Å². The molecule has 0 spiro atoms. The predicted molar refractivity (Wildman–Crippen MR) is 52.7 cm³/mol. The standard InChI is InChI=1S/C10H10F4N2O/c11-8-4-2-1-3-7(8)5-15-9(17)16-6-10(12,13)14/h1-4H,5-6H2,(H2,15,16,17). The predicted octanol–water partition coefficient (Wildman–Crippen LogP) is 2.19. The van der Waals surface area contributed by atoms with Crippen molar-refractivity contribution in [3.05, 3.63) is 35.6 Å². The number of nitrogens with one attached hydrogen (secondary N) is 2. The first-order chi connectivity index (χ1) is 7.88. The molecule has 3 nitrogen and oxygen atoms in total. The molecule has 0 heterocycles. The summed E-state index contributed by atoms with van der Waals surface area (Å²) >= 11 is 0. The quantitative estimate of drug-likeness (QED) is 0.793. The minimum absolute atomic E-state index is 0.170. The third-order valence-electron chi connectivity index (χ3n) is 1.85.